The van der Waals surface area contributed by atoms with Gasteiger partial charge in [0.1, 0.15) is 5.75 Å². The molecule has 4 nitrogen and oxygen atoms in total. The minimum absolute atomic E-state index is 0.0571. The minimum atomic E-state index is -0.217. The van der Waals surface area contributed by atoms with Crippen molar-refractivity contribution in [3.63, 3.8) is 0 Å². The second kappa shape index (κ2) is 6.57. The first-order chi connectivity index (χ1) is 9.19. The summed E-state index contributed by atoms with van der Waals surface area (Å²) < 4.78 is 5.09. The first-order valence-corrected chi connectivity index (χ1v) is 6.77. The van der Waals surface area contributed by atoms with Gasteiger partial charge in [-0.25, -0.2) is 0 Å². The maximum Gasteiger partial charge on any atom is 0.223 e. The molecule has 19 heavy (non-hydrogen) atoms. The van der Waals surface area contributed by atoms with Crippen molar-refractivity contribution in [1.29, 1.82) is 0 Å². The molecule has 0 bridgehead atoms. The Balaban J connectivity index is 1.79. The molecule has 2 N–H and O–H groups in total. The first kappa shape index (κ1) is 13.9. The van der Waals surface area contributed by atoms with Crippen LogP contribution in [0.3, 0.4) is 0 Å². The quantitative estimate of drug-likeness (QED) is 0.871. The van der Waals surface area contributed by atoms with Crippen molar-refractivity contribution in [1.82, 2.24) is 5.32 Å². The molecule has 0 spiro atoms. The molecule has 4 heteroatoms. The summed E-state index contributed by atoms with van der Waals surface area (Å²) in [7, 11) is 1.63. The van der Waals surface area contributed by atoms with Crippen molar-refractivity contribution in [2.24, 2.45) is 5.92 Å². The molecule has 1 aromatic rings. The molecule has 1 aromatic carbocycles. The molecule has 1 saturated carbocycles. The van der Waals surface area contributed by atoms with E-state index < -0.39 is 0 Å². The molecule has 104 valence electrons. The largest absolute Gasteiger partial charge is 0.497 e. The number of nitrogens with one attached hydrogen (secondary N) is 1. The third-order valence-corrected chi connectivity index (χ3v) is 3.69. The van der Waals surface area contributed by atoms with Gasteiger partial charge >= 0.3 is 0 Å². The van der Waals surface area contributed by atoms with Crippen LogP contribution < -0.4 is 10.1 Å². The summed E-state index contributed by atoms with van der Waals surface area (Å²) in [5.74, 6) is 0.973. The summed E-state index contributed by atoms with van der Waals surface area (Å²) in [5.41, 5.74) is 1.06. The molecular formula is C15H21NO3. The average Bonchev–Trinajstić information content (AvgIpc) is 2.46. The van der Waals surface area contributed by atoms with Crippen molar-refractivity contribution in [2.45, 2.75) is 38.3 Å². The highest BCUT2D eigenvalue weighted by atomic mass is 16.5. The van der Waals surface area contributed by atoms with Gasteiger partial charge in [-0.3, -0.25) is 4.79 Å². The van der Waals surface area contributed by atoms with E-state index in [2.05, 4.69) is 5.32 Å². The van der Waals surface area contributed by atoms with Crippen molar-refractivity contribution in [3.8, 4) is 5.75 Å². The van der Waals surface area contributed by atoms with Crippen LogP contribution in [0.25, 0.3) is 0 Å². The van der Waals surface area contributed by atoms with Crippen molar-refractivity contribution >= 4 is 5.91 Å². The Hall–Kier alpha value is -1.55. The molecule has 2 rings (SSSR count). The van der Waals surface area contributed by atoms with E-state index in [0.29, 0.717) is 6.54 Å². The number of hydrogen-bond acceptors (Lipinski definition) is 3. The second-order valence-corrected chi connectivity index (χ2v) is 5.07. The van der Waals surface area contributed by atoms with Gasteiger partial charge in [-0.2, -0.15) is 0 Å². The second-order valence-electron chi connectivity index (χ2n) is 5.07. The van der Waals surface area contributed by atoms with Crippen LogP contribution >= 0.6 is 0 Å². The molecule has 0 aromatic heterocycles. The van der Waals surface area contributed by atoms with Gasteiger partial charge in [0.25, 0.3) is 0 Å². The van der Waals surface area contributed by atoms with E-state index in [-0.39, 0.29) is 17.9 Å². The summed E-state index contributed by atoms with van der Waals surface area (Å²) in [4.78, 5) is 12.0. The lowest BCUT2D eigenvalue weighted by Crippen LogP contribution is -2.33. The zero-order valence-electron chi connectivity index (χ0n) is 11.3. The molecule has 1 fully saturated rings. The van der Waals surface area contributed by atoms with Gasteiger partial charge < -0.3 is 15.2 Å². The van der Waals surface area contributed by atoms with E-state index in [0.717, 1.165) is 37.0 Å². The van der Waals surface area contributed by atoms with Crippen LogP contribution in [-0.4, -0.2) is 24.2 Å². The maximum absolute atomic E-state index is 12.0. The molecule has 1 amide bonds. The van der Waals surface area contributed by atoms with Gasteiger partial charge in [0.15, 0.2) is 0 Å². The number of amides is 1. The summed E-state index contributed by atoms with van der Waals surface area (Å²) in [5, 5.41) is 12.4. The summed E-state index contributed by atoms with van der Waals surface area (Å²) in [6.07, 6.45) is 2.83. The molecule has 0 radical (unpaired) electrons. The van der Waals surface area contributed by atoms with Crippen LogP contribution in [0.2, 0.25) is 0 Å². The minimum Gasteiger partial charge on any atom is -0.497 e. The highest BCUT2D eigenvalue weighted by Crippen LogP contribution is 2.24. The van der Waals surface area contributed by atoms with E-state index in [1.807, 2.05) is 24.3 Å². The Morgan fingerprint density at radius 3 is 2.47 bits per heavy atom. The molecule has 0 saturated heterocycles. The molecule has 0 atom stereocenters. The molecule has 0 aliphatic heterocycles. The lowest BCUT2D eigenvalue weighted by atomic mass is 9.87. The highest BCUT2D eigenvalue weighted by Gasteiger charge is 2.24. The standard InChI is InChI=1S/C15H21NO3/c1-19-14-8-2-11(3-9-14)10-16-15(18)12-4-6-13(17)7-5-12/h2-3,8-9,12-13,17H,4-7,10H2,1H3,(H,16,18). The molecular weight excluding hydrogens is 242 g/mol. The van der Waals surface area contributed by atoms with E-state index in [4.69, 9.17) is 4.74 Å². The first-order valence-electron chi connectivity index (χ1n) is 6.77. The molecule has 0 heterocycles. The lowest BCUT2D eigenvalue weighted by molar-refractivity contribution is -0.126. The number of carbonyl (C=O) groups is 1. The Bertz CT molecular complexity index is 408. The normalized spacial score (nSPS) is 22.8. The monoisotopic (exact) mass is 263 g/mol. The number of benzene rings is 1. The Morgan fingerprint density at radius 1 is 1.26 bits per heavy atom. The van der Waals surface area contributed by atoms with Crippen LogP contribution in [0.4, 0.5) is 0 Å². The van der Waals surface area contributed by atoms with E-state index in [1.54, 1.807) is 7.11 Å². The summed E-state index contributed by atoms with van der Waals surface area (Å²) >= 11 is 0. The van der Waals surface area contributed by atoms with E-state index in [1.165, 1.54) is 0 Å². The van der Waals surface area contributed by atoms with Crippen LogP contribution in [0.15, 0.2) is 24.3 Å². The molecule has 1 aliphatic rings. The third-order valence-electron chi connectivity index (χ3n) is 3.69. The van der Waals surface area contributed by atoms with Crippen molar-refractivity contribution in [3.05, 3.63) is 29.8 Å². The van der Waals surface area contributed by atoms with Gasteiger partial charge in [0.05, 0.1) is 13.2 Å². The number of aliphatic hydroxyl groups excluding tert-OH is 1. The number of carbonyl (C=O) groups excluding carboxylic acids is 1. The number of hydrogen-bond donors (Lipinski definition) is 2. The number of rotatable bonds is 4. The SMILES string of the molecule is COc1ccc(CNC(=O)C2CCC(O)CC2)cc1. The Morgan fingerprint density at radius 2 is 1.89 bits per heavy atom. The predicted octanol–water partition coefficient (Wildman–Crippen LogP) is 1.86. The van der Waals surface area contributed by atoms with Crippen LogP contribution in [0.5, 0.6) is 5.75 Å². The van der Waals surface area contributed by atoms with Gasteiger partial charge in [0.2, 0.25) is 5.91 Å². The van der Waals surface area contributed by atoms with Crippen LogP contribution in [0, 0.1) is 5.92 Å². The predicted molar refractivity (Wildman–Crippen MR) is 72.8 cm³/mol. The molecule has 0 unspecified atom stereocenters. The van der Waals surface area contributed by atoms with E-state index in [9.17, 15) is 9.90 Å². The maximum atomic E-state index is 12.0. The zero-order valence-corrected chi connectivity index (χ0v) is 11.3. The number of methoxy groups -OCH3 is 1. The van der Waals surface area contributed by atoms with Crippen LogP contribution in [0.1, 0.15) is 31.2 Å². The van der Waals surface area contributed by atoms with Crippen molar-refractivity contribution in [2.75, 3.05) is 7.11 Å². The zero-order chi connectivity index (χ0) is 13.7. The molecule has 1 aliphatic carbocycles. The number of ether oxygens (including phenoxy) is 1. The van der Waals surface area contributed by atoms with Gasteiger partial charge in [-0.1, -0.05) is 12.1 Å². The fourth-order valence-corrected chi connectivity index (χ4v) is 2.41. The Labute approximate surface area is 113 Å². The topological polar surface area (TPSA) is 58.6 Å². The average molecular weight is 263 g/mol. The third kappa shape index (κ3) is 3.96. The Kier molecular flexibility index (Phi) is 4.80. The number of aliphatic hydroxyl groups is 1. The van der Waals surface area contributed by atoms with Crippen molar-refractivity contribution < 1.29 is 14.6 Å². The lowest BCUT2D eigenvalue weighted by Gasteiger charge is -2.24. The van der Waals surface area contributed by atoms with Crippen LogP contribution in [-0.2, 0) is 11.3 Å². The van der Waals surface area contributed by atoms with Gasteiger partial charge in [0, 0.05) is 12.5 Å². The summed E-state index contributed by atoms with van der Waals surface area (Å²) in [6.45, 7) is 0.544. The highest BCUT2D eigenvalue weighted by molar-refractivity contribution is 5.78. The fraction of sp³-hybridized carbons (Fsp3) is 0.533. The van der Waals surface area contributed by atoms with Gasteiger partial charge in [-0.05, 0) is 43.4 Å². The van der Waals surface area contributed by atoms with E-state index >= 15 is 0 Å². The summed E-state index contributed by atoms with van der Waals surface area (Å²) in [6, 6.07) is 7.67. The van der Waals surface area contributed by atoms with Gasteiger partial charge in [-0.15, -0.1) is 0 Å². The fourth-order valence-electron chi connectivity index (χ4n) is 2.41. The smallest absolute Gasteiger partial charge is 0.223 e.